The van der Waals surface area contributed by atoms with Crippen molar-refractivity contribution in [3.63, 3.8) is 0 Å². The first kappa shape index (κ1) is 37.8. The minimum Gasteiger partial charge on any atom is -1.00 e. The van der Waals surface area contributed by atoms with Crippen molar-refractivity contribution in [3.8, 4) is 35.3 Å². The summed E-state index contributed by atoms with van der Waals surface area (Å²) in [5.74, 6) is 14.8. The molecule has 9 aromatic rings. The Labute approximate surface area is 347 Å². The summed E-state index contributed by atoms with van der Waals surface area (Å²) in [5, 5.41) is 0. The van der Waals surface area contributed by atoms with Crippen LogP contribution >= 0.6 is 0 Å². The van der Waals surface area contributed by atoms with Gasteiger partial charge in [-0.05, 0) is 83.9 Å². The van der Waals surface area contributed by atoms with Gasteiger partial charge in [0.15, 0.2) is 22.1 Å². The minimum atomic E-state index is 0. The predicted molar refractivity (Wildman–Crippen MR) is 214 cm³/mol. The summed E-state index contributed by atoms with van der Waals surface area (Å²) in [5.41, 5.74) is 10.9. The summed E-state index contributed by atoms with van der Waals surface area (Å²) in [6.07, 6.45) is 4.31. The highest BCUT2D eigenvalue weighted by Gasteiger charge is 2.22. The molecular formula is C49H35Br2N5. The molecule has 0 unspecified atom stereocenters. The molecule has 0 saturated carbocycles. The fourth-order valence-corrected chi connectivity index (χ4v) is 6.76. The van der Waals surface area contributed by atoms with Crippen LogP contribution < -0.4 is 43.1 Å². The van der Waals surface area contributed by atoms with Crippen LogP contribution in [-0.2, 0) is 13.1 Å². The number of fused-ring (bicyclic) bond motifs is 2. The van der Waals surface area contributed by atoms with Crippen molar-refractivity contribution < 1.29 is 43.1 Å². The molecule has 9 rings (SSSR count). The van der Waals surface area contributed by atoms with Crippen molar-refractivity contribution in [2.75, 3.05) is 0 Å². The lowest BCUT2D eigenvalue weighted by atomic mass is 10.1. The molecule has 0 bridgehead atoms. The maximum absolute atomic E-state index is 5.24. The van der Waals surface area contributed by atoms with Crippen LogP contribution in [0.2, 0.25) is 0 Å². The van der Waals surface area contributed by atoms with Crippen molar-refractivity contribution in [1.29, 1.82) is 0 Å². The van der Waals surface area contributed by atoms with E-state index in [4.69, 9.17) is 4.98 Å². The van der Waals surface area contributed by atoms with Gasteiger partial charge in [-0.1, -0.05) is 115 Å². The normalized spacial score (nSPS) is 10.4. The number of rotatable bonds is 6. The summed E-state index contributed by atoms with van der Waals surface area (Å²) in [6.45, 7) is 1.45. The first-order valence-corrected chi connectivity index (χ1v) is 18.0. The quantitative estimate of drug-likeness (QED) is 0.187. The van der Waals surface area contributed by atoms with Crippen LogP contribution in [0.3, 0.4) is 0 Å². The second-order valence-electron chi connectivity index (χ2n) is 13.2. The van der Waals surface area contributed by atoms with Crippen molar-refractivity contribution in [2.45, 2.75) is 13.1 Å². The van der Waals surface area contributed by atoms with Crippen LogP contribution in [0.25, 0.3) is 33.7 Å². The fourth-order valence-electron chi connectivity index (χ4n) is 6.76. The number of nitrogens with zero attached hydrogens (tertiary/aromatic N) is 5. The Bertz CT molecular complexity index is 2680. The van der Waals surface area contributed by atoms with E-state index in [1.807, 2.05) is 60.7 Å². The number of para-hydroxylation sites is 4. The molecule has 7 heteroatoms. The molecule has 0 fully saturated rings. The lowest BCUT2D eigenvalue weighted by Crippen LogP contribution is -3.00. The second kappa shape index (κ2) is 17.3. The largest absolute Gasteiger partial charge is 1.00 e. The third-order valence-corrected chi connectivity index (χ3v) is 9.49. The van der Waals surface area contributed by atoms with Gasteiger partial charge in [-0.3, -0.25) is 0 Å². The first-order valence-electron chi connectivity index (χ1n) is 18.0. The molecule has 270 valence electrons. The Morgan fingerprint density at radius 1 is 0.375 bits per heavy atom. The van der Waals surface area contributed by atoms with Gasteiger partial charge in [0.05, 0.1) is 0 Å². The molecule has 3 aromatic heterocycles. The molecule has 0 atom stereocenters. The summed E-state index contributed by atoms with van der Waals surface area (Å²) < 4.78 is 8.93. The number of benzene rings is 6. The monoisotopic (exact) mass is 851 g/mol. The topological polar surface area (TPSA) is 30.5 Å². The zero-order chi connectivity index (χ0) is 36.1. The Balaban J connectivity index is 0.00000240. The Hall–Kier alpha value is -6.51. The minimum absolute atomic E-state index is 0. The smallest absolute Gasteiger partial charge is 0.251 e. The van der Waals surface area contributed by atoms with Crippen LogP contribution in [0, 0.1) is 23.7 Å². The van der Waals surface area contributed by atoms with E-state index in [-0.39, 0.29) is 34.0 Å². The Morgan fingerprint density at radius 2 is 0.732 bits per heavy atom. The molecule has 0 aliphatic heterocycles. The van der Waals surface area contributed by atoms with Crippen molar-refractivity contribution >= 4 is 22.1 Å². The van der Waals surface area contributed by atoms with E-state index in [0.29, 0.717) is 0 Å². The van der Waals surface area contributed by atoms with Gasteiger partial charge in [-0.25, -0.2) is 9.13 Å². The number of hydrogen-bond acceptors (Lipinski definition) is 1. The lowest BCUT2D eigenvalue weighted by molar-refractivity contribution is -0.663. The standard InChI is InChI=1S/C49H35N5.2BrH/c1-3-12-38(13-4-1)22-24-40-26-30-42(31-27-40)34-51-36-53(46-18-9-7-16-44(46)51)48-20-11-21-49(50-48)54-37-52(45-17-8-10-19-47(45)54)35-43-32-28-41(29-33-43)25-23-39-14-5-2-6-15-39;;/h1-21,26-33,36-37H,34-35H2;2*1H/q+2;;/p-2. The van der Waals surface area contributed by atoms with Gasteiger partial charge in [0.1, 0.15) is 13.1 Å². The molecule has 0 aliphatic rings. The maximum atomic E-state index is 5.24. The molecule has 5 nitrogen and oxygen atoms in total. The number of aromatic nitrogens is 5. The SMILES string of the molecule is C(#Cc1ccc(C[n+]2cn(-c3cccc(-n4c[n+](Cc5ccc(C#Cc6ccccc6)cc5)c5ccccc54)n3)c3ccccc32)cc1)c1ccccc1.[Br-].[Br-]. The van der Waals surface area contributed by atoms with Gasteiger partial charge >= 0.3 is 0 Å². The van der Waals surface area contributed by atoms with E-state index in [0.717, 1.165) is 69.0 Å². The highest BCUT2D eigenvalue weighted by atomic mass is 79.9. The highest BCUT2D eigenvalue weighted by molar-refractivity contribution is 5.75. The molecule has 6 aromatic carbocycles. The van der Waals surface area contributed by atoms with Gasteiger partial charge in [0.25, 0.3) is 12.7 Å². The number of halogens is 2. The van der Waals surface area contributed by atoms with E-state index in [1.165, 1.54) is 11.1 Å². The fraction of sp³-hybridized carbons (Fsp3) is 0.0408. The lowest BCUT2D eigenvalue weighted by Gasteiger charge is -2.00. The number of imidazole rings is 2. The molecule has 0 saturated heterocycles. The molecule has 0 spiro atoms. The molecule has 3 heterocycles. The summed E-state index contributed by atoms with van der Waals surface area (Å²) in [4.78, 5) is 5.24. The van der Waals surface area contributed by atoms with Crippen LogP contribution in [0.4, 0.5) is 0 Å². The third-order valence-electron chi connectivity index (χ3n) is 9.49. The van der Waals surface area contributed by atoms with E-state index in [1.54, 1.807) is 0 Å². The third kappa shape index (κ3) is 8.26. The van der Waals surface area contributed by atoms with Crippen LogP contribution in [-0.4, -0.2) is 14.1 Å². The van der Waals surface area contributed by atoms with Gasteiger partial charge in [0.2, 0.25) is 11.6 Å². The average Bonchev–Trinajstić information content (AvgIpc) is 3.79. The van der Waals surface area contributed by atoms with Gasteiger partial charge in [-0.2, -0.15) is 14.1 Å². The summed E-state index contributed by atoms with van der Waals surface area (Å²) in [7, 11) is 0. The van der Waals surface area contributed by atoms with Gasteiger partial charge in [0, 0.05) is 34.4 Å². The van der Waals surface area contributed by atoms with E-state index in [9.17, 15) is 0 Å². The summed E-state index contributed by atoms with van der Waals surface area (Å²) >= 11 is 0. The van der Waals surface area contributed by atoms with E-state index in [2.05, 4.69) is 170 Å². The van der Waals surface area contributed by atoms with Crippen LogP contribution in [0.15, 0.2) is 189 Å². The Morgan fingerprint density at radius 3 is 1.14 bits per heavy atom. The first-order chi connectivity index (χ1) is 26.7. The van der Waals surface area contributed by atoms with Crippen molar-refractivity contribution in [1.82, 2.24) is 14.1 Å². The van der Waals surface area contributed by atoms with Crippen molar-refractivity contribution in [2.24, 2.45) is 0 Å². The molecule has 0 amide bonds. The van der Waals surface area contributed by atoms with E-state index < -0.39 is 0 Å². The van der Waals surface area contributed by atoms with Gasteiger partial charge < -0.3 is 34.0 Å². The molecule has 56 heavy (non-hydrogen) atoms. The van der Waals surface area contributed by atoms with Crippen molar-refractivity contribution in [3.05, 3.63) is 222 Å². The van der Waals surface area contributed by atoms with Crippen LogP contribution in [0.1, 0.15) is 33.4 Å². The molecule has 0 aliphatic carbocycles. The number of hydrogen-bond donors (Lipinski definition) is 0. The second-order valence-corrected chi connectivity index (χ2v) is 13.2. The highest BCUT2D eigenvalue weighted by Crippen LogP contribution is 2.21. The van der Waals surface area contributed by atoms with E-state index >= 15 is 0 Å². The van der Waals surface area contributed by atoms with Gasteiger partial charge in [-0.15, -0.1) is 0 Å². The average molecular weight is 854 g/mol. The van der Waals surface area contributed by atoms with Crippen LogP contribution in [0.5, 0.6) is 0 Å². The maximum Gasteiger partial charge on any atom is 0.251 e. The predicted octanol–water partition coefficient (Wildman–Crippen LogP) is 2.45. The molecule has 0 N–H and O–H groups in total. The molecule has 0 radical (unpaired) electrons. The summed E-state index contributed by atoms with van der Waals surface area (Å²) in [6, 6.07) is 60.4. The zero-order valence-electron chi connectivity index (χ0n) is 30.3. The number of pyridine rings is 1. The Kier molecular flexibility index (Phi) is 11.7. The molecular weight excluding hydrogens is 818 g/mol. The zero-order valence-corrected chi connectivity index (χ0v) is 33.5.